The molecule has 9 nitrogen and oxygen atoms in total. The van der Waals surface area contributed by atoms with Gasteiger partial charge in [-0.25, -0.2) is 20.4 Å². The number of hydrogen-bond acceptors (Lipinski definition) is 6. The minimum absolute atomic E-state index is 0.0290. The molecule has 1 aliphatic heterocycles. The van der Waals surface area contributed by atoms with E-state index in [0.717, 1.165) is 31.2 Å². The number of aromatic carboxylic acids is 1. The molecule has 0 unspecified atom stereocenters. The van der Waals surface area contributed by atoms with Crippen LogP contribution in [0.15, 0.2) is 72.8 Å². The first-order valence-electron chi connectivity index (χ1n) is 13.3. The SMILES string of the molecule is NN(CCC#Cc1ccc(OCCN2CCN([C@H](c3ccccc3)c3ccc(Cl)cc3)CC2)c(C(=O)O)c1)C(=O)O. The topological polar surface area (TPSA) is 120 Å². The number of piperazine rings is 1. The minimum atomic E-state index is -1.24. The Morgan fingerprint density at radius 3 is 2.32 bits per heavy atom. The van der Waals surface area contributed by atoms with E-state index >= 15 is 0 Å². The van der Waals surface area contributed by atoms with Gasteiger partial charge in [-0.15, -0.1) is 0 Å². The van der Waals surface area contributed by atoms with Crippen LogP contribution in [0.4, 0.5) is 4.79 Å². The Morgan fingerprint density at radius 2 is 1.66 bits per heavy atom. The average Bonchev–Trinajstić information content (AvgIpc) is 2.98. The van der Waals surface area contributed by atoms with Crippen molar-refractivity contribution in [3.63, 3.8) is 0 Å². The minimum Gasteiger partial charge on any atom is -0.491 e. The maximum atomic E-state index is 11.8. The Morgan fingerprint density at radius 1 is 0.976 bits per heavy atom. The van der Waals surface area contributed by atoms with Crippen LogP contribution in [0.5, 0.6) is 5.75 Å². The van der Waals surface area contributed by atoms with Crippen LogP contribution in [0.25, 0.3) is 0 Å². The molecule has 0 spiro atoms. The molecule has 1 heterocycles. The lowest BCUT2D eigenvalue weighted by atomic mass is 9.96. The fourth-order valence-electron chi connectivity index (χ4n) is 4.76. The van der Waals surface area contributed by atoms with Crippen molar-refractivity contribution in [1.82, 2.24) is 14.8 Å². The summed E-state index contributed by atoms with van der Waals surface area (Å²) in [6.07, 6.45) is -1.01. The molecule has 1 atom stereocenters. The van der Waals surface area contributed by atoms with Gasteiger partial charge in [0.1, 0.15) is 17.9 Å². The Kier molecular flexibility index (Phi) is 10.6. The molecule has 3 aromatic carbocycles. The van der Waals surface area contributed by atoms with Crippen molar-refractivity contribution < 1.29 is 24.5 Å². The first-order chi connectivity index (χ1) is 19.8. The van der Waals surface area contributed by atoms with Crippen LogP contribution in [-0.2, 0) is 0 Å². The van der Waals surface area contributed by atoms with Crippen LogP contribution >= 0.6 is 11.6 Å². The maximum Gasteiger partial charge on any atom is 0.421 e. The third-order valence-electron chi connectivity index (χ3n) is 6.90. The number of halogens is 1. The van der Waals surface area contributed by atoms with Crippen LogP contribution in [-0.4, -0.2) is 83.0 Å². The van der Waals surface area contributed by atoms with Crippen molar-refractivity contribution in [2.45, 2.75) is 12.5 Å². The van der Waals surface area contributed by atoms with E-state index in [1.807, 2.05) is 18.2 Å². The molecule has 1 aliphatic rings. The molecule has 214 valence electrons. The first kappa shape index (κ1) is 29.9. The predicted octanol–water partition coefficient (Wildman–Crippen LogP) is 4.42. The standard InChI is InChI=1S/C31H33ClN4O5/c32-26-12-10-25(11-13-26)29(24-7-2-1-3-8-24)35-18-16-34(17-19-35)20-21-41-28-14-9-23(22-27(28)30(37)38)6-4-5-15-36(33)31(39)40/h1-3,7-14,22,29H,5,15-21,33H2,(H,37,38)(H,39,40)/t29-/m1/s1. The second-order valence-corrected chi connectivity index (χ2v) is 10.1. The third kappa shape index (κ3) is 8.46. The van der Waals surface area contributed by atoms with Gasteiger partial charge in [-0.3, -0.25) is 9.80 Å². The highest BCUT2D eigenvalue weighted by atomic mass is 35.5. The molecular weight excluding hydrogens is 544 g/mol. The summed E-state index contributed by atoms with van der Waals surface area (Å²) in [5.74, 6) is 10.1. The number of benzene rings is 3. The normalized spacial score (nSPS) is 14.5. The quantitative estimate of drug-likeness (QED) is 0.140. The molecule has 0 saturated carbocycles. The van der Waals surface area contributed by atoms with Gasteiger partial charge in [-0.2, -0.15) is 0 Å². The number of rotatable bonds is 10. The molecule has 1 saturated heterocycles. The number of amides is 1. The summed E-state index contributed by atoms with van der Waals surface area (Å²) in [4.78, 5) is 27.4. The monoisotopic (exact) mass is 576 g/mol. The summed E-state index contributed by atoms with van der Waals surface area (Å²) in [5.41, 5.74) is 2.97. The molecule has 1 amide bonds. The molecule has 41 heavy (non-hydrogen) atoms. The van der Waals surface area contributed by atoms with Crippen molar-refractivity contribution in [1.29, 1.82) is 0 Å². The van der Waals surface area contributed by atoms with Crippen LogP contribution in [0.3, 0.4) is 0 Å². The molecule has 0 aromatic heterocycles. The molecule has 4 rings (SSSR count). The fourth-order valence-corrected chi connectivity index (χ4v) is 4.89. The van der Waals surface area contributed by atoms with Gasteiger partial charge < -0.3 is 14.9 Å². The van der Waals surface area contributed by atoms with Crippen molar-refractivity contribution in [2.24, 2.45) is 5.84 Å². The lowest BCUT2D eigenvalue weighted by molar-refractivity contribution is 0.0689. The Hall–Kier alpha value is -4.07. The highest BCUT2D eigenvalue weighted by Crippen LogP contribution is 2.30. The van der Waals surface area contributed by atoms with E-state index in [9.17, 15) is 14.7 Å². The van der Waals surface area contributed by atoms with E-state index in [4.69, 9.17) is 27.3 Å². The Balaban J connectivity index is 1.31. The molecule has 0 aliphatic carbocycles. The fraction of sp³-hybridized carbons (Fsp3) is 0.290. The number of nitrogens with zero attached hydrogens (tertiary/aromatic N) is 3. The summed E-state index contributed by atoms with van der Waals surface area (Å²) in [5, 5.41) is 19.8. The van der Waals surface area contributed by atoms with Crippen molar-refractivity contribution >= 4 is 23.7 Å². The third-order valence-corrected chi connectivity index (χ3v) is 7.16. The van der Waals surface area contributed by atoms with Crippen molar-refractivity contribution in [3.05, 3.63) is 100 Å². The molecule has 0 bridgehead atoms. The molecular formula is C31H33ClN4O5. The summed E-state index contributed by atoms with van der Waals surface area (Å²) in [6, 6.07) is 23.4. The van der Waals surface area contributed by atoms with E-state index in [1.54, 1.807) is 12.1 Å². The van der Waals surface area contributed by atoms with Gasteiger partial charge in [-0.1, -0.05) is 65.9 Å². The smallest absolute Gasteiger partial charge is 0.421 e. The number of nitrogens with two attached hydrogens (primary N) is 1. The zero-order valence-corrected chi connectivity index (χ0v) is 23.3. The van der Waals surface area contributed by atoms with Crippen LogP contribution < -0.4 is 10.6 Å². The van der Waals surface area contributed by atoms with Crippen LogP contribution in [0.2, 0.25) is 5.02 Å². The largest absolute Gasteiger partial charge is 0.491 e. The lowest BCUT2D eigenvalue weighted by Crippen LogP contribution is -2.48. The maximum absolute atomic E-state index is 11.8. The molecule has 10 heteroatoms. The second kappa shape index (κ2) is 14.5. The molecule has 1 fully saturated rings. The van der Waals surface area contributed by atoms with E-state index in [2.05, 4.69) is 58.0 Å². The van der Waals surface area contributed by atoms with Crippen molar-refractivity contribution in [2.75, 3.05) is 45.9 Å². The predicted molar refractivity (Wildman–Crippen MR) is 157 cm³/mol. The number of hydrazine groups is 1. The zero-order chi connectivity index (χ0) is 29.2. The Bertz CT molecular complexity index is 1380. The van der Waals surface area contributed by atoms with E-state index in [1.165, 1.54) is 17.2 Å². The van der Waals surface area contributed by atoms with Gasteiger partial charge in [0.25, 0.3) is 0 Å². The average molecular weight is 577 g/mol. The summed E-state index contributed by atoms with van der Waals surface area (Å²) in [6.45, 7) is 4.56. The summed E-state index contributed by atoms with van der Waals surface area (Å²) >= 11 is 6.15. The van der Waals surface area contributed by atoms with Gasteiger partial charge >= 0.3 is 12.1 Å². The lowest BCUT2D eigenvalue weighted by Gasteiger charge is -2.39. The number of ether oxygens (including phenoxy) is 1. The molecule has 3 aromatic rings. The highest BCUT2D eigenvalue weighted by Gasteiger charge is 2.26. The number of carboxylic acid groups (broad SMARTS) is 2. The molecule has 0 radical (unpaired) electrons. The van der Waals surface area contributed by atoms with Crippen LogP contribution in [0, 0.1) is 11.8 Å². The Labute approximate surface area is 244 Å². The van der Waals surface area contributed by atoms with Gasteiger partial charge in [-0.05, 0) is 41.5 Å². The number of hydrogen-bond donors (Lipinski definition) is 3. The van der Waals surface area contributed by atoms with Crippen molar-refractivity contribution in [3.8, 4) is 17.6 Å². The highest BCUT2D eigenvalue weighted by molar-refractivity contribution is 6.30. The summed E-state index contributed by atoms with van der Waals surface area (Å²) in [7, 11) is 0. The van der Waals surface area contributed by atoms with Gasteiger partial charge in [0, 0.05) is 49.7 Å². The summed E-state index contributed by atoms with van der Waals surface area (Å²) < 4.78 is 5.88. The second-order valence-electron chi connectivity index (χ2n) is 9.63. The van der Waals surface area contributed by atoms with Gasteiger partial charge in [0.05, 0.1) is 12.6 Å². The van der Waals surface area contributed by atoms with E-state index < -0.39 is 12.1 Å². The first-order valence-corrected chi connectivity index (χ1v) is 13.7. The van der Waals surface area contributed by atoms with E-state index in [-0.39, 0.29) is 30.3 Å². The zero-order valence-electron chi connectivity index (χ0n) is 22.6. The molecule has 4 N–H and O–H groups in total. The number of carboxylic acids is 1. The van der Waals surface area contributed by atoms with Gasteiger partial charge in [0.2, 0.25) is 0 Å². The van der Waals surface area contributed by atoms with E-state index in [0.29, 0.717) is 23.7 Å². The van der Waals surface area contributed by atoms with Crippen LogP contribution in [0.1, 0.15) is 39.5 Å². The van der Waals surface area contributed by atoms with Gasteiger partial charge in [0.15, 0.2) is 0 Å². The number of carbonyl (C=O) groups is 2.